The predicted molar refractivity (Wildman–Crippen MR) is 147 cm³/mol. The van der Waals surface area contributed by atoms with Gasteiger partial charge in [-0.2, -0.15) is 0 Å². The topological polar surface area (TPSA) is 91.4 Å². The first kappa shape index (κ1) is 24.0. The van der Waals surface area contributed by atoms with Crippen LogP contribution in [0.5, 0.6) is 0 Å². The Morgan fingerprint density at radius 1 is 1.00 bits per heavy atom. The number of nitrogens with zero attached hydrogens (tertiary/aromatic N) is 2. The SMILES string of the molecule is CC1(C)Cc2c(sc(NC(=O)CN3C(=O)c4ccccc4C3=O)c2-c2nc3ccccc3s2)C(C)(C)N1. The molecule has 0 fully saturated rings. The van der Waals surface area contributed by atoms with Crippen molar-refractivity contribution in [2.75, 3.05) is 11.9 Å². The van der Waals surface area contributed by atoms with Crippen LogP contribution >= 0.6 is 22.7 Å². The number of carbonyl (C=O) groups is 3. The fourth-order valence-corrected chi connectivity index (χ4v) is 7.92. The van der Waals surface area contributed by atoms with E-state index in [9.17, 15) is 14.4 Å². The second kappa shape index (κ2) is 8.31. The molecule has 0 atom stereocenters. The fourth-order valence-electron chi connectivity index (χ4n) is 5.51. The molecule has 6 rings (SSSR count). The maximum Gasteiger partial charge on any atom is 0.262 e. The molecule has 0 radical (unpaired) electrons. The number of imide groups is 1. The zero-order valence-electron chi connectivity index (χ0n) is 21.0. The Morgan fingerprint density at radius 3 is 2.32 bits per heavy atom. The number of thiophene rings is 1. The van der Waals surface area contributed by atoms with Gasteiger partial charge in [-0.15, -0.1) is 22.7 Å². The van der Waals surface area contributed by atoms with Gasteiger partial charge in [-0.1, -0.05) is 24.3 Å². The van der Waals surface area contributed by atoms with E-state index in [0.717, 1.165) is 37.0 Å². The Balaban J connectivity index is 1.39. The first-order chi connectivity index (χ1) is 17.5. The third-order valence-corrected chi connectivity index (χ3v) is 9.31. The van der Waals surface area contributed by atoms with Crippen LogP contribution in [0.4, 0.5) is 5.00 Å². The van der Waals surface area contributed by atoms with E-state index in [1.807, 2.05) is 24.3 Å². The molecule has 7 nitrogen and oxygen atoms in total. The molecule has 0 spiro atoms. The molecule has 4 heterocycles. The number of carbonyl (C=O) groups excluding carboxylic acids is 3. The normalized spacial score (nSPS) is 17.7. The van der Waals surface area contributed by atoms with Gasteiger partial charge in [0, 0.05) is 21.5 Å². The summed E-state index contributed by atoms with van der Waals surface area (Å²) in [7, 11) is 0. The molecule has 2 aliphatic heterocycles. The molecule has 2 aromatic carbocycles. The summed E-state index contributed by atoms with van der Waals surface area (Å²) in [6, 6.07) is 14.7. The number of aromatic nitrogens is 1. The number of hydrogen-bond acceptors (Lipinski definition) is 7. The highest BCUT2D eigenvalue weighted by atomic mass is 32.1. The van der Waals surface area contributed by atoms with Gasteiger partial charge in [-0.25, -0.2) is 4.98 Å². The van der Waals surface area contributed by atoms with Crippen molar-refractivity contribution in [3.05, 3.63) is 70.1 Å². The van der Waals surface area contributed by atoms with Crippen LogP contribution in [0.15, 0.2) is 48.5 Å². The van der Waals surface area contributed by atoms with Gasteiger partial charge in [0.1, 0.15) is 16.6 Å². The second-order valence-electron chi connectivity index (χ2n) is 10.7. The average Bonchev–Trinajstić information content (AvgIpc) is 3.47. The lowest BCUT2D eigenvalue weighted by Crippen LogP contribution is -2.54. The van der Waals surface area contributed by atoms with E-state index in [4.69, 9.17) is 4.98 Å². The molecule has 0 aliphatic carbocycles. The van der Waals surface area contributed by atoms with Crippen molar-refractivity contribution in [2.45, 2.75) is 45.2 Å². The van der Waals surface area contributed by atoms with Gasteiger partial charge >= 0.3 is 0 Å². The smallest absolute Gasteiger partial charge is 0.262 e. The number of hydrogen-bond donors (Lipinski definition) is 2. The van der Waals surface area contributed by atoms with Crippen molar-refractivity contribution in [2.24, 2.45) is 0 Å². The van der Waals surface area contributed by atoms with Crippen molar-refractivity contribution >= 4 is 55.6 Å². The standard InChI is InChI=1S/C28H26N4O3S2/c1-27(2)13-17-21(23-29-18-11-7-8-12-19(18)36-23)24(37-22(17)28(3,4)31-27)30-20(33)14-32-25(34)15-9-5-6-10-16(15)26(32)35/h5-12,31H,13-14H2,1-4H3,(H,30,33). The highest BCUT2D eigenvalue weighted by Crippen LogP contribution is 2.50. The summed E-state index contributed by atoms with van der Waals surface area (Å²) in [6.07, 6.45) is 0.780. The molecule has 2 aromatic heterocycles. The van der Waals surface area contributed by atoms with Crippen LogP contribution in [0.3, 0.4) is 0 Å². The van der Waals surface area contributed by atoms with Crippen molar-refractivity contribution < 1.29 is 14.4 Å². The molecule has 2 N–H and O–H groups in total. The average molecular weight is 531 g/mol. The fraction of sp³-hybridized carbons (Fsp3) is 0.286. The Morgan fingerprint density at radius 2 is 1.65 bits per heavy atom. The third kappa shape index (κ3) is 3.98. The molecule has 188 valence electrons. The summed E-state index contributed by atoms with van der Waals surface area (Å²) in [6.45, 7) is 8.31. The van der Waals surface area contributed by atoms with Crippen LogP contribution in [-0.2, 0) is 16.8 Å². The first-order valence-corrected chi connectivity index (χ1v) is 13.7. The van der Waals surface area contributed by atoms with Crippen molar-refractivity contribution in [1.82, 2.24) is 15.2 Å². The highest BCUT2D eigenvalue weighted by molar-refractivity contribution is 7.23. The van der Waals surface area contributed by atoms with Crippen LogP contribution in [0.25, 0.3) is 20.8 Å². The van der Waals surface area contributed by atoms with E-state index in [2.05, 4.69) is 38.3 Å². The van der Waals surface area contributed by atoms with Gasteiger partial charge < -0.3 is 10.6 Å². The number of para-hydroxylation sites is 1. The van der Waals surface area contributed by atoms with E-state index in [0.29, 0.717) is 16.1 Å². The van der Waals surface area contributed by atoms with Crippen LogP contribution in [0.1, 0.15) is 58.9 Å². The number of rotatable bonds is 4. The van der Waals surface area contributed by atoms with Crippen molar-refractivity contribution in [3.63, 3.8) is 0 Å². The molecular formula is C28H26N4O3S2. The molecule has 37 heavy (non-hydrogen) atoms. The molecule has 2 aliphatic rings. The Kier molecular flexibility index (Phi) is 5.38. The van der Waals surface area contributed by atoms with Crippen molar-refractivity contribution in [1.29, 1.82) is 0 Å². The maximum absolute atomic E-state index is 13.3. The summed E-state index contributed by atoms with van der Waals surface area (Å²) in [4.78, 5) is 46.0. The second-order valence-corrected chi connectivity index (χ2v) is 12.8. The Hall–Kier alpha value is -3.40. The van der Waals surface area contributed by atoms with E-state index < -0.39 is 17.7 Å². The quantitative estimate of drug-likeness (QED) is 0.344. The lowest BCUT2D eigenvalue weighted by Gasteiger charge is -2.42. The molecule has 0 unspecified atom stereocenters. The minimum atomic E-state index is -0.445. The minimum absolute atomic E-state index is 0.148. The lowest BCUT2D eigenvalue weighted by molar-refractivity contribution is -0.116. The summed E-state index contributed by atoms with van der Waals surface area (Å²) < 4.78 is 1.08. The van der Waals surface area contributed by atoms with Gasteiger partial charge in [0.25, 0.3) is 11.8 Å². The summed E-state index contributed by atoms with van der Waals surface area (Å²) >= 11 is 3.13. The zero-order chi connectivity index (χ0) is 26.1. The molecular weight excluding hydrogens is 504 g/mol. The molecule has 9 heteroatoms. The predicted octanol–water partition coefficient (Wildman–Crippen LogP) is 5.42. The van der Waals surface area contributed by atoms with Crippen LogP contribution in [0, 0.1) is 0 Å². The molecule has 3 amide bonds. The largest absolute Gasteiger partial charge is 0.316 e. The van der Waals surface area contributed by atoms with E-state index in [1.165, 1.54) is 16.9 Å². The monoisotopic (exact) mass is 530 g/mol. The van der Waals surface area contributed by atoms with Gasteiger partial charge in [-0.05, 0) is 63.9 Å². The number of thiazole rings is 1. The Labute approximate surface area is 222 Å². The first-order valence-electron chi connectivity index (χ1n) is 12.1. The van der Waals surface area contributed by atoms with Gasteiger partial charge in [-0.3, -0.25) is 19.3 Å². The molecule has 0 saturated carbocycles. The van der Waals surface area contributed by atoms with Crippen LogP contribution in [0.2, 0.25) is 0 Å². The summed E-state index contributed by atoms with van der Waals surface area (Å²) in [5, 5.41) is 8.31. The van der Waals surface area contributed by atoms with Crippen molar-refractivity contribution in [3.8, 4) is 10.6 Å². The maximum atomic E-state index is 13.3. The van der Waals surface area contributed by atoms with Gasteiger partial charge in [0.15, 0.2) is 0 Å². The third-order valence-electron chi connectivity index (χ3n) is 6.78. The van der Waals surface area contributed by atoms with E-state index in [-0.39, 0.29) is 17.6 Å². The van der Waals surface area contributed by atoms with Gasteiger partial charge in [0.2, 0.25) is 5.91 Å². The highest BCUT2D eigenvalue weighted by Gasteiger charge is 2.42. The number of anilines is 1. The Bertz CT molecular complexity index is 1550. The van der Waals surface area contributed by atoms with Crippen LogP contribution in [-0.4, -0.2) is 39.7 Å². The zero-order valence-corrected chi connectivity index (χ0v) is 22.6. The number of benzene rings is 2. The summed E-state index contributed by atoms with van der Waals surface area (Å²) in [5.41, 5.74) is 3.23. The minimum Gasteiger partial charge on any atom is -0.316 e. The number of amides is 3. The molecule has 4 aromatic rings. The number of nitrogens with one attached hydrogen (secondary N) is 2. The number of fused-ring (bicyclic) bond motifs is 3. The van der Waals surface area contributed by atoms with Crippen LogP contribution < -0.4 is 10.6 Å². The van der Waals surface area contributed by atoms with E-state index >= 15 is 0 Å². The molecule has 0 bridgehead atoms. The van der Waals surface area contributed by atoms with Gasteiger partial charge in [0.05, 0.1) is 21.3 Å². The summed E-state index contributed by atoms with van der Waals surface area (Å²) in [5.74, 6) is -1.31. The lowest BCUT2D eigenvalue weighted by atomic mass is 9.81. The van der Waals surface area contributed by atoms with E-state index in [1.54, 1.807) is 35.6 Å². The molecule has 0 saturated heterocycles.